The molecule has 0 saturated carbocycles. The maximum Gasteiger partial charge on any atom is 0.336 e. The Morgan fingerprint density at radius 3 is 3.06 bits per heavy atom. The number of methoxy groups -OCH3 is 1. The molecule has 2 N–H and O–H groups in total. The normalized spacial score (nSPS) is 21.0. The van der Waals surface area contributed by atoms with Crippen LogP contribution in [-0.2, 0) is 16.0 Å². The Morgan fingerprint density at radius 1 is 1.56 bits per heavy atom. The number of rotatable bonds is 2. The van der Waals surface area contributed by atoms with Crippen LogP contribution in [0, 0.1) is 0 Å². The standard InChI is InChI=1S/C12H15NO3/c1-16-12(15)11(14)10-9-5-3-2-4-8(9)6-7-13-10/h2-5,10-11,13-14H,6-7H2,1H3. The fourth-order valence-corrected chi connectivity index (χ4v) is 2.08. The van der Waals surface area contributed by atoms with Gasteiger partial charge in [0.15, 0.2) is 6.10 Å². The van der Waals surface area contributed by atoms with Crippen LogP contribution < -0.4 is 5.32 Å². The average molecular weight is 221 g/mol. The van der Waals surface area contributed by atoms with Gasteiger partial charge in [0.1, 0.15) is 0 Å². The molecule has 0 bridgehead atoms. The average Bonchev–Trinajstić information content (AvgIpc) is 2.36. The van der Waals surface area contributed by atoms with E-state index in [-0.39, 0.29) is 6.04 Å². The molecule has 0 spiro atoms. The number of nitrogens with one attached hydrogen (secondary N) is 1. The van der Waals surface area contributed by atoms with Gasteiger partial charge in [-0.25, -0.2) is 4.79 Å². The molecule has 4 nitrogen and oxygen atoms in total. The van der Waals surface area contributed by atoms with Gasteiger partial charge in [-0.05, 0) is 24.1 Å². The molecular weight excluding hydrogens is 206 g/mol. The van der Waals surface area contributed by atoms with E-state index < -0.39 is 12.1 Å². The summed E-state index contributed by atoms with van der Waals surface area (Å²) in [4.78, 5) is 11.3. The third-order valence-corrected chi connectivity index (χ3v) is 2.91. The van der Waals surface area contributed by atoms with Crippen molar-refractivity contribution in [1.82, 2.24) is 5.32 Å². The van der Waals surface area contributed by atoms with Crippen LogP contribution in [0.2, 0.25) is 0 Å². The van der Waals surface area contributed by atoms with E-state index in [2.05, 4.69) is 10.1 Å². The lowest BCUT2D eigenvalue weighted by atomic mass is 9.91. The monoisotopic (exact) mass is 221 g/mol. The van der Waals surface area contributed by atoms with Crippen molar-refractivity contribution in [3.8, 4) is 0 Å². The van der Waals surface area contributed by atoms with E-state index >= 15 is 0 Å². The van der Waals surface area contributed by atoms with E-state index in [1.807, 2.05) is 24.3 Å². The fraction of sp³-hybridized carbons (Fsp3) is 0.417. The number of aliphatic hydroxyl groups is 1. The van der Waals surface area contributed by atoms with Crippen molar-refractivity contribution in [1.29, 1.82) is 0 Å². The van der Waals surface area contributed by atoms with Crippen molar-refractivity contribution in [3.05, 3.63) is 35.4 Å². The highest BCUT2D eigenvalue weighted by atomic mass is 16.5. The largest absolute Gasteiger partial charge is 0.467 e. The maximum atomic E-state index is 11.3. The Bertz CT molecular complexity index is 392. The van der Waals surface area contributed by atoms with E-state index in [1.54, 1.807) is 0 Å². The lowest BCUT2D eigenvalue weighted by Gasteiger charge is -2.29. The lowest BCUT2D eigenvalue weighted by molar-refractivity contribution is -0.152. The SMILES string of the molecule is COC(=O)C(O)C1NCCc2ccccc21. The smallest absolute Gasteiger partial charge is 0.336 e. The van der Waals surface area contributed by atoms with Crippen LogP contribution in [0.15, 0.2) is 24.3 Å². The first kappa shape index (κ1) is 11.1. The number of aliphatic hydroxyl groups excluding tert-OH is 1. The highest BCUT2D eigenvalue weighted by Crippen LogP contribution is 2.25. The van der Waals surface area contributed by atoms with Gasteiger partial charge >= 0.3 is 5.97 Å². The first-order chi connectivity index (χ1) is 7.74. The van der Waals surface area contributed by atoms with E-state index in [1.165, 1.54) is 12.7 Å². The zero-order valence-electron chi connectivity index (χ0n) is 9.14. The van der Waals surface area contributed by atoms with E-state index in [0.29, 0.717) is 0 Å². The molecular formula is C12H15NO3. The van der Waals surface area contributed by atoms with Gasteiger partial charge in [0.2, 0.25) is 0 Å². The van der Waals surface area contributed by atoms with Crippen molar-refractivity contribution in [2.75, 3.05) is 13.7 Å². The van der Waals surface area contributed by atoms with E-state index in [0.717, 1.165) is 18.5 Å². The Morgan fingerprint density at radius 2 is 2.31 bits per heavy atom. The van der Waals surface area contributed by atoms with Crippen LogP contribution in [0.4, 0.5) is 0 Å². The molecule has 16 heavy (non-hydrogen) atoms. The quantitative estimate of drug-likeness (QED) is 0.710. The van der Waals surface area contributed by atoms with Crippen LogP contribution in [0.25, 0.3) is 0 Å². The Hall–Kier alpha value is -1.39. The van der Waals surface area contributed by atoms with Crippen LogP contribution in [0.5, 0.6) is 0 Å². The molecule has 0 radical (unpaired) electrons. The highest BCUT2D eigenvalue weighted by Gasteiger charge is 2.31. The minimum absolute atomic E-state index is 0.364. The molecule has 1 heterocycles. The summed E-state index contributed by atoms with van der Waals surface area (Å²) in [5, 5.41) is 13.0. The molecule has 1 aromatic rings. The van der Waals surface area contributed by atoms with E-state index in [4.69, 9.17) is 0 Å². The number of ether oxygens (including phenoxy) is 1. The Balaban J connectivity index is 2.28. The lowest BCUT2D eigenvalue weighted by Crippen LogP contribution is -2.41. The number of carbonyl (C=O) groups excluding carboxylic acids is 1. The van der Waals surface area contributed by atoms with Gasteiger partial charge in [0.25, 0.3) is 0 Å². The molecule has 4 heteroatoms. The highest BCUT2D eigenvalue weighted by molar-refractivity contribution is 5.75. The molecule has 86 valence electrons. The third kappa shape index (κ3) is 1.94. The van der Waals surface area contributed by atoms with Gasteiger partial charge < -0.3 is 15.2 Å². The second-order valence-corrected chi connectivity index (χ2v) is 3.85. The first-order valence-corrected chi connectivity index (χ1v) is 5.31. The molecule has 2 unspecified atom stereocenters. The van der Waals surface area contributed by atoms with Crippen molar-refractivity contribution >= 4 is 5.97 Å². The maximum absolute atomic E-state index is 11.3. The van der Waals surface area contributed by atoms with Gasteiger partial charge in [-0.3, -0.25) is 0 Å². The Kier molecular flexibility index (Phi) is 3.22. The number of fused-ring (bicyclic) bond motifs is 1. The summed E-state index contributed by atoms with van der Waals surface area (Å²) >= 11 is 0. The summed E-state index contributed by atoms with van der Waals surface area (Å²) in [7, 11) is 1.28. The summed E-state index contributed by atoms with van der Waals surface area (Å²) in [6.07, 6.45) is -0.230. The van der Waals surface area contributed by atoms with Crippen LogP contribution in [0.3, 0.4) is 0 Å². The molecule has 0 saturated heterocycles. The Labute approximate surface area is 94.2 Å². The van der Waals surface area contributed by atoms with Gasteiger partial charge in [-0.15, -0.1) is 0 Å². The molecule has 2 atom stereocenters. The topological polar surface area (TPSA) is 58.6 Å². The number of hydrogen-bond acceptors (Lipinski definition) is 4. The summed E-state index contributed by atoms with van der Waals surface area (Å²) in [5.74, 6) is -0.603. The van der Waals surface area contributed by atoms with Crippen molar-refractivity contribution in [2.24, 2.45) is 0 Å². The van der Waals surface area contributed by atoms with Crippen molar-refractivity contribution in [2.45, 2.75) is 18.6 Å². The molecule has 0 fully saturated rings. The molecule has 0 amide bonds. The minimum Gasteiger partial charge on any atom is -0.467 e. The van der Waals surface area contributed by atoms with Gasteiger partial charge in [0.05, 0.1) is 13.2 Å². The summed E-state index contributed by atoms with van der Waals surface area (Å²) in [6, 6.07) is 7.46. The molecule has 1 aliphatic rings. The van der Waals surface area contributed by atoms with Gasteiger partial charge in [-0.1, -0.05) is 24.3 Å². The van der Waals surface area contributed by atoms with Gasteiger partial charge in [-0.2, -0.15) is 0 Å². The summed E-state index contributed by atoms with van der Waals surface area (Å²) in [6.45, 7) is 0.760. The predicted molar refractivity (Wildman–Crippen MR) is 58.9 cm³/mol. The second kappa shape index (κ2) is 4.63. The minimum atomic E-state index is -1.15. The number of benzene rings is 1. The molecule has 2 rings (SSSR count). The van der Waals surface area contributed by atoms with Gasteiger partial charge in [0, 0.05) is 0 Å². The number of esters is 1. The second-order valence-electron chi connectivity index (χ2n) is 3.85. The van der Waals surface area contributed by atoms with Crippen LogP contribution >= 0.6 is 0 Å². The molecule has 1 aliphatic heterocycles. The predicted octanol–water partition coefficient (Wildman–Crippen LogP) is 0.407. The fourth-order valence-electron chi connectivity index (χ4n) is 2.08. The zero-order chi connectivity index (χ0) is 11.5. The zero-order valence-corrected chi connectivity index (χ0v) is 9.14. The van der Waals surface area contributed by atoms with Crippen molar-refractivity contribution in [3.63, 3.8) is 0 Å². The molecule has 1 aromatic carbocycles. The third-order valence-electron chi connectivity index (χ3n) is 2.91. The first-order valence-electron chi connectivity index (χ1n) is 5.31. The number of carbonyl (C=O) groups is 1. The summed E-state index contributed by atoms with van der Waals surface area (Å²) in [5.41, 5.74) is 2.15. The van der Waals surface area contributed by atoms with Crippen LogP contribution in [0.1, 0.15) is 17.2 Å². The van der Waals surface area contributed by atoms with Crippen molar-refractivity contribution < 1.29 is 14.6 Å². The molecule has 0 aliphatic carbocycles. The van der Waals surface area contributed by atoms with E-state index in [9.17, 15) is 9.90 Å². The number of hydrogen-bond donors (Lipinski definition) is 2. The molecule has 0 aromatic heterocycles. The summed E-state index contributed by atoms with van der Waals surface area (Å²) < 4.78 is 4.55. The van der Waals surface area contributed by atoms with Crippen LogP contribution in [-0.4, -0.2) is 30.8 Å².